The van der Waals surface area contributed by atoms with E-state index in [1.165, 1.54) is 38.6 Å². The van der Waals surface area contributed by atoms with Gasteiger partial charge in [0, 0.05) is 18.1 Å². The molecule has 0 aromatic heterocycles. The van der Waals surface area contributed by atoms with Gasteiger partial charge in [0.15, 0.2) is 0 Å². The highest BCUT2D eigenvalue weighted by Crippen LogP contribution is 2.33. The van der Waals surface area contributed by atoms with E-state index in [1.807, 2.05) is 0 Å². The average Bonchev–Trinajstić information content (AvgIpc) is 2.69. The highest BCUT2D eigenvalue weighted by Gasteiger charge is 2.39. The van der Waals surface area contributed by atoms with Crippen LogP contribution in [0, 0.1) is 5.92 Å². The Bertz CT molecular complexity index is 177. The predicted molar refractivity (Wildman–Crippen MR) is 49.1 cm³/mol. The van der Waals surface area contributed by atoms with Crippen LogP contribution in [0.3, 0.4) is 0 Å². The molecule has 3 rings (SSSR count). The molecule has 0 aromatic rings. The first-order chi connectivity index (χ1) is 5.92. The Morgan fingerprint density at radius 1 is 1.17 bits per heavy atom. The highest BCUT2D eigenvalue weighted by molar-refractivity contribution is 4.98. The van der Waals surface area contributed by atoms with Gasteiger partial charge in [-0.3, -0.25) is 0 Å². The van der Waals surface area contributed by atoms with Crippen LogP contribution in [0.5, 0.6) is 0 Å². The third-order valence-electron chi connectivity index (χ3n) is 3.68. The Balaban J connectivity index is 1.50. The van der Waals surface area contributed by atoms with E-state index < -0.39 is 0 Å². The van der Waals surface area contributed by atoms with Crippen LogP contribution >= 0.6 is 0 Å². The molecule has 1 saturated carbocycles. The Morgan fingerprint density at radius 3 is 2.67 bits per heavy atom. The molecule has 0 spiro atoms. The molecule has 0 amide bonds. The molecule has 2 aliphatic heterocycles. The Kier molecular flexibility index (Phi) is 1.66. The molecule has 2 heterocycles. The quantitative estimate of drug-likeness (QED) is 0.650. The summed E-state index contributed by atoms with van der Waals surface area (Å²) in [6, 6.07) is 2.63. The fourth-order valence-electron chi connectivity index (χ4n) is 2.77. The molecular formula is C10H18N2. The van der Waals surface area contributed by atoms with E-state index in [2.05, 4.69) is 10.6 Å². The number of hydrogen-bond donors (Lipinski definition) is 2. The van der Waals surface area contributed by atoms with E-state index in [1.54, 1.807) is 0 Å². The van der Waals surface area contributed by atoms with Gasteiger partial charge < -0.3 is 10.6 Å². The second kappa shape index (κ2) is 2.71. The molecule has 3 fully saturated rings. The Hall–Kier alpha value is -0.0800. The van der Waals surface area contributed by atoms with Gasteiger partial charge in [0.1, 0.15) is 0 Å². The van der Waals surface area contributed by atoms with Crippen molar-refractivity contribution in [2.24, 2.45) is 5.92 Å². The first-order valence-electron chi connectivity index (χ1n) is 5.41. The maximum Gasteiger partial charge on any atom is 0.0111 e. The maximum absolute atomic E-state index is 3.68. The second-order valence-electron chi connectivity index (χ2n) is 4.73. The first-order valence-corrected chi connectivity index (χ1v) is 5.41. The van der Waals surface area contributed by atoms with Crippen LogP contribution in [0.25, 0.3) is 0 Å². The molecule has 1 aliphatic carbocycles. The van der Waals surface area contributed by atoms with E-state index in [4.69, 9.17) is 0 Å². The van der Waals surface area contributed by atoms with Crippen molar-refractivity contribution in [3.05, 3.63) is 0 Å². The fraction of sp³-hybridized carbons (Fsp3) is 1.00. The molecule has 2 bridgehead atoms. The van der Waals surface area contributed by atoms with Gasteiger partial charge in [0.05, 0.1) is 0 Å². The normalized spacial score (nSPS) is 45.5. The van der Waals surface area contributed by atoms with Crippen molar-refractivity contribution in [1.29, 1.82) is 0 Å². The van der Waals surface area contributed by atoms with Crippen LogP contribution in [-0.2, 0) is 0 Å². The van der Waals surface area contributed by atoms with Gasteiger partial charge in [-0.05, 0) is 44.6 Å². The van der Waals surface area contributed by atoms with E-state index in [0.717, 1.165) is 24.0 Å². The standard InChI is InChI=1S/C10H18N2/c1-2-8(1)11-6-7-5-9-3-4-10(7)12-9/h7-12H,1-6H2. The average molecular weight is 166 g/mol. The summed E-state index contributed by atoms with van der Waals surface area (Å²) in [4.78, 5) is 0. The van der Waals surface area contributed by atoms with Crippen LogP contribution in [0.1, 0.15) is 32.1 Å². The van der Waals surface area contributed by atoms with Crippen molar-refractivity contribution in [2.45, 2.75) is 50.2 Å². The third-order valence-corrected chi connectivity index (χ3v) is 3.68. The molecule has 3 aliphatic rings. The van der Waals surface area contributed by atoms with Gasteiger partial charge in [-0.15, -0.1) is 0 Å². The maximum atomic E-state index is 3.68. The van der Waals surface area contributed by atoms with E-state index in [0.29, 0.717) is 0 Å². The van der Waals surface area contributed by atoms with E-state index in [9.17, 15) is 0 Å². The summed E-state index contributed by atoms with van der Waals surface area (Å²) < 4.78 is 0. The largest absolute Gasteiger partial charge is 0.314 e. The number of nitrogens with one attached hydrogen (secondary N) is 2. The zero-order valence-corrected chi connectivity index (χ0v) is 7.55. The summed E-state index contributed by atoms with van der Waals surface area (Å²) in [5.41, 5.74) is 0. The van der Waals surface area contributed by atoms with Crippen LogP contribution in [-0.4, -0.2) is 24.7 Å². The Labute approximate surface area is 74.1 Å². The summed E-state index contributed by atoms with van der Waals surface area (Å²) in [5.74, 6) is 0.948. The summed E-state index contributed by atoms with van der Waals surface area (Å²) in [7, 11) is 0. The number of rotatable bonds is 3. The lowest BCUT2D eigenvalue weighted by atomic mass is 9.89. The van der Waals surface area contributed by atoms with Gasteiger partial charge in [-0.1, -0.05) is 0 Å². The minimum Gasteiger partial charge on any atom is -0.314 e. The van der Waals surface area contributed by atoms with E-state index >= 15 is 0 Å². The van der Waals surface area contributed by atoms with E-state index in [-0.39, 0.29) is 0 Å². The van der Waals surface area contributed by atoms with Gasteiger partial charge in [0.2, 0.25) is 0 Å². The lowest BCUT2D eigenvalue weighted by Gasteiger charge is -2.20. The molecule has 3 unspecified atom stereocenters. The molecule has 0 radical (unpaired) electrons. The molecule has 0 aromatic carbocycles. The van der Waals surface area contributed by atoms with Crippen LogP contribution in [0.2, 0.25) is 0 Å². The van der Waals surface area contributed by atoms with Crippen LogP contribution in [0.15, 0.2) is 0 Å². The topological polar surface area (TPSA) is 24.1 Å². The van der Waals surface area contributed by atoms with Crippen molar-refractivity contribution in [3.63, 3.8) is 0 Å². The van der Waals surface area contributed by atoms with Gasteiger partial charge in [-0.25, -0.2) is 0 Å². The summed E-state index contributed by atoms with van der Waals surface area (Å²) in [6.07, 6.45) is 7.15. The van der Waals surface area contributed by atoms with Gasteiger partial charge in [0.25, 0.3) is 0 Å². The summed E-state index contributed by atoms with van der Waals surface area (Å²) >= 11 is 0. The lowest BCUT2D eigenvalue weighted by molar-refractivity contribution is 0.382. The summed E-state index contributed by atoms with van der Waals surface area (Å²) in [5, 5.41) is 7.33. The van der Waals surface area contributed by atoms with Crippen molar-refractivity contribution in [2.75, 3.05) is 6.54 Å². The SMILES string of the molecule is C1CC1NCC1CC2CCC1N2. The van der Waals surface area contributed by atoms with Crippen molar-refractivity contribution < 1.29 is 0 Å². The van der Waals surface area contributed by atoms with Crippen molar-refractivity contribution in [1.82, 2.24) is 10.6 Å². The monoisotopic (exact) mass is 166 g/mol. The zero-order valence-electron chi connectivity index (χ0n) is 7.55. The lowest BCUT2D eigenvalue weighted by Crippen LogP contribution is -2.32. The molecular weight excluding hydrogens is 148 g/mol. The Morgan fingerprint density at radius 2 is 2.08 bits per heavy atom. The molecule has 12 heavy (non-hydrogen) atoms. The van der Waals surface area contributed by atoms with Crippen LogP contribution < -0.4 is 10.6 Å². The number of hydrogen-bond acceptors (Lipinski definition) is 2. The molecule has 2 saturated heterocycles. The molecule has 2 nitrogen and oxygen atoms in total. The van der Waals surface area contributed by atoms with Crippen molar-refractivity contribution in [3.8, 4) is 0 Å². The molecule has 3 atom stereocenters. The molecule has 2 N–H and O–H groups in total. The fourth-order valence-corrected chi connectivity index (χ4v) is 2.77. The van der Waals surface area contributed by atoms with Gasteiger partial charge in [-0.2, -0.15) is 0 Å². The predicted octanol–water partition coefficient (Wildman–Crippen LogP) is 0.879. The van der Waals surface area contributed by atoms with Crippen LogP contribution in [0.4, 0.5) is 0 Å². The highest BCUT2D eigenvalue weighted by atomic mass is 15.1. The zero-order chi connectivity index (χ0) is 7.97. The minimum atomic E-state index is 0.862. The smallest absolute Gasteiger partial charge is 0.0111 e. The first kappa shape index (κ1) is 7.34. The second-order valence-corrected chi connectivity index (χ2v) is 4.73. The molecule has 68 valence electrons. The van der Waals surface area contributed by atoms with Crippen molar-refractivity contribution >= 4 is 0 Å². The molecule has 2 heteroatoms. The third kappa shape index (κ3) is 1.27. The minimum absolute atomic E-state index is 0.862. The summed E-state index contributed by atoms with van der Waals surface area (Å²) in [6.45, 7) is 1.28. The van der Waals surface area contributed by atoms with Gasteiger partial charge >= 0.3 is 0 Å². The number of fused-ring (bicyclic) bond motifs is 2.